The number of fused-ring (bicyclic) bond motifs is 2. The average Bonchev–Trinajstić information content (AvgIpc) is 2.65. The van der Waals surface area contributed by atoms with Gasteiger partial charge in [0.1, 0.15) is 0 Å². The van der Waals surface area contributed by atoms with Gasteiger partial charge in [0.2, 0.25) is 11.7 Å². The van der Waals surface area contributed by atoms with Gasteiger partial charge in [0.15, 0.2) is 11.8 Å². The fourth-order valence-electron chi connectivity index (χ4n) is 4.86. The lowest BCUT2D eigenvalue weighted by molar-refractivity contribution is -0.545. The van der Waals surface area contributed by atoms with E-state index in [9.17, 15) is 4.79 Å². The van der Waals surface area contributed by atoms with E-state index in [0.29, 0.717) is 18.3 Å². The number of hydrogen-bond acceptors (Lipinski definition) is 4. The third kappa shape index (κ3) is 1.46. The van der Waals surface area contributed by atoms with Crippen LogP contribution in [-0.2, 0) is 19.3 Å². The number of carbonyl (C=O) groups excluding carboxylic acids is 1. The summed E-state index contributed by atoms with van der Waals surface area (Å²) in [7, 11) is 1.84. The van der Waals surface area contributed by atoms with Crippen LogP contribution in [-0.4, -0.2) is 35.5 Å². The molecule has 20 heavy (non-hydrogen) atoms. The van der Waals surface area contributed by atoms with E-state index in [1.54, 1.807) is 4.90 Å². The molecule has 1 spiro atoms. The van der Waals surface area contributed by atoms with Crippen molar-refractivity contribution in [2.45, 2.75) is 63.6 Å². The number of rotatable bonds is 0. The Hall–Kier alpha value is -0.650. The van der Waals surface area contributed by atoms with E-state index in [2.05, 4.69) is 6.92 Å². The molecule has 1 saturated carbocycles. The van der Waals surface area contributed by atoms with Crippen LogP contribution in [0, 0.1) is 17.8 Å². The maximum Gasteiger partial charge on any atom is 0.224 e. The van der Waals surface area contributed by atoms with Crippen molar-refractivity contribution in [1.82, 2.24) is 4.90 Å². The van der Waals surface area contributed by atoms with Crippen molar-refractivity contribution in [3.8, 4) is 0 Å². The number of piperidine rings is 1. The topological polar surface area (TPSA) is 48.0 Å². The number of carbonyl (C=O) groups is 1. The second-order valence-corrected chi connectivity index (χ2v) is 7.23. The van der Waals surface area contributed by atoms with Crippen molar-refractivity contribution in [3.05, 3.63) is 0 Å². The van der Waals surface area contributed by atoms with Gasteiger partial charge < -0.3 is 9.64 Å². The van der Waals surface area contributed by atoms with E-state index in [1.165, 1.54) is 6.42 Å². The number of likely N-dealkylation sites (tertiary alicyclic amines) is 1. The Bertz CT molecular complexity index is 451. The zero-order valence-corrected chi connectivity index (χ0v) is 12.4. The third-order valence-corrected chi connectivity index (χ3v) is 6.06. The number of amides is 1. The van der Waals surface area contributed by atoms with E-state index in [1.807, 2.05) is 14.0 Å². The molecule has 6 atom stereocenters. The molecule has 5 rings (SSSR count). The number of nitrogens with zero attached hydrogens (tertiary/aromatic N) is 1. The predicted octanol–water partition coefficient (Wildman–Crippen LogP) is 2.06. The molecule has 0 aromatic heterocycles. The summed E-state index contributed by atoms with van der Waals surface area (Å²) in [6.07, 6.45) is 4.32. The quantitative estimate of drug-likeness (QED) is 0.638. The average molecular weight is 281 g/mol. The van der Waals surface area contributed by atoms with Crippen molar-refractivity contribution in [1.29, 1.82) is 0 Å². The molecule has 0 aromatic rings. The minimum absolute atomic E-state index is 0.165. The van der Waals surface area contributed by atoms with Crippen LogP contribution in [0.4, 0.5) is 0 Å². The lowest BCUT2D eigenvalue weighted by Crippen LogP contribution is -2.72. The molecule has 4 saturated heterocycles. The van der Waals surface area contributed by atoms with Gasteiger partial charge in [-0.15, -0.1) is 0 Å². The van der Waals surface area contributed by atoms with Crippen LogP contribution in [0.3, 0.4) is 0 Å². The SMILES string of the molecule is C[C@@H]1CC[C@H]2CC(=O)N(C)C3O[C@@]4(C)CC[C@@H]1[C@]32OO4. The fourth-order valence-corrected chi connectivity index (χ4v) is 4.86. The third-order valence-electron chi connectivity index (χ3n) is 6.06. The number of hydrogen-bond donors (Lipinski definition) is 0. The zero-order valence-electron chi connectivity index (χ0n) is 12.4. The lowest BCUT2D eigenvalue weighted by Gasteiger charge is -2.59. The first-order valence-electron chi connectivity index (χ1n) is 7.76. The minimum atomic E-state index is -0.719. The first-order chi connectivity index (χ1) is 9.46. The Morgan fingerprint density at radius 3 is 2.85 bits per heavy atom. The molecule has 0 radical (unpaired) electrons. The van der Waals surface area contributed by atoms with Crippen LogP contribution >= 0.6 is 0 Å². The normalized spacial score (nSPS) is 54.5. The second kappa shape index (κ2) is 3.96. The summed E-state index contributed by atoms with van der Waals surface area (Å²) in [5.41, 5.74) is -0.462. The second-order valence-electron chi connectivity index (χ2n) is 7.23. The van der Waals surface area contributed by atoms with Crippen molar-refractivity contribution < 1.29 is 19.3 Å². The molecular weight excluding hydrogens is 258 g/mol. The van der Waals surface area contributed by atoms with Gasteiger partial charge in [0, 0.05) is 25.8 Å². The van der Waals surface area contributed by atoms with Crippen molar-refractivity contribution in [3.63, 3.8) is 0 Å². The Morgan fingerprint density at radius 1 is 1.25 bits per heavy atom. The van der Waals surface area contributed by atoms with Crippen LogP contribution in [0.5, 0.6) is 0 Å². The van der Waals surface area contributed by atoms with E-state index < -0.39 is 11.4 Å². The molecule has 5 nitrogen and oxygen atoms in total. The molecule has 0 N–H and O–H groups in total. The van der Waals surface area contributed by atoms with Gasteiger partial charge in [-0.05, 0) is 38.0 Å². The fraction of sp³-hybridized carbons (Fsp3) is 0.933. The summed E-state index contributed by atoms with van der Waals surface area (Å²) >= 11 is 0. The Kier molecular flexibility index (Phi) is 2.58. The van der Waals surface area contributed by atoms with Crippen LogP contribution in [0.2, 0.25) is 0 Å². The predicted molar refractivity (Wildman–Crippen MR) is 70.2 cm³/mol. The van der Waals surface area contributed by atoms with Crippen molar-refractivity contribution >= 4 is 5.91 Å². The summed E-state index contributed by atoms with van der Waals surface area (Å²) in [6, 6.07) is 0. The van der Waals surface area contributed by atoms with Crippen LogP contribution in [0.25, 0.3) is 0 Å². The Balaban J connectivity index is 1.85. The molecule has 0 aromatic carbocycles. The highest BCUT2D eigenvalue weighted by Gasteiger charge is 2.68. The van der Waals surface area contributed by atoms with Gasteiger partial charge in [-0.25, -0.2) is 9.78 Å². The van der Waals surface area contributed by atoms with Gasteiger partial charge in [-0.3, -0.25) is 4.79 Å². The largest absolute Gasteiger partial charge is 0.321 e. The first kappa shape index (κ1) is 13.0. The van der Waals surface area contributed by atoms with Gasteiger partial charge in [0.05, 0.1) is 0 Å². The number of likely N-dealkylation sites (N-methyl/N-ethyl adjacent to an activating group) is 1. The van der Waals surface area contributed by atoms with E-state index in [4.69, 9.17) is 14.5 Å². The molecule has 112 valence electrons. The van der Waals surface area contributed by atoms with Gasteiger partial charge in [-0.1, -0.05) is 6.92 Å². The van der Waals surface area contributed by atoms with Crippen LogP contribution < -0.4 is 0 Å². The summed E-state index contributed by atoms with van der Waals surface area (Å²) in [4.78, 5) is 25.7. The first-order valence-corrected chi connectivity index (χ1v) is 7.76. The highest BCUT2D eigenvalue weighted by Crippen LogP contribution is 2.58. The van der Waals surface area contributed by atoms with Gasteiger partial charge >= 0.3 is 0 Å². The molecule has 1 unspecified atom stereocenters. The van der Waals surface area contributed by atoms with Crippen molar-refractivity contribution in [2.24, 2.45) is 17.8 Å². The molecule has 2 bridgehead atoms. The number of ether oxygens (including phenoxy) is 1. The Morgan fingerprint density at radius 2 is 2.05 bits per heavy atom. The highest BCUT2D eigenvalue weighted by atomic mass is 17.3. The van der Waals surface area contributed by atoms with Crippen LogP contribution in [0.1, 0.15) is 46.0 Å². The minimum Gasteiger partial charge on any atom is -0.321 e. The van der Waals surface area contributed by atoms with E-state index in [-0.39, 0.29) is 18.1 Å². The van der Waals surface area contributed by atoms with E-state index in [0.717, 1.165) is 19.3 Å². The summed E-state index contributed by atoms with van der Waals surface area (Å²) in [6.45, 7) is 4.22. The maximum atomic E-state index is 12.3. The lowest BCUT2D eigenvalue weighted by atomic mass is 9.59. The molecule has 1 aliphatic carbocycles. The van der Waals surface area contributed by atoms with Crippen molar-refractivity contribution in [2.75, 3.05) is 7.05 Å². The van der Waals surface area contributed by atoms with Gasteiger partial charge in [0.25, 0.3) is 0 Å². The zero-order chi connectivity index (χ0) is 14.1. The molecule has 4 heterocycles. The smallest absolute Gasteiger partial charge is 0.224 e. The molecule has 1 amide bonds. The van der Waals surface area contributed by atoms with Crippen LogP contribution in [0.15, 0.2) is 0 Å². The molecule has 5 aliphatic rings. The Labute approximate surface area is 119 Å². The summed E-state index contributed by atoms with van der Waals surface area (Å²) in [5, 5.41) is 0. The monoisotopic (exact) mass is 281 g/mol. The molecule has 5 fully saturated rings. The van der Waals surface area contributed by atoms with Gasteiger partial charge in [-0.2, -0.15) is 0 Å². The summed E-state index contributed by atoms with van der Waals surface area (Å²) in [5.74, 6) is 0.663. The van der Waals surface area contributed by atoms with E-state index >= 15 is 0 Å². The molecule has 5 heteroatoms. The summed E-state index contributed by atoms with van der Waals surface area (Å²) < 4.78 is 6.22. The highest BCUT2D eigenvalue weighted by molar-refractivity contribution is 5.78. The molecular formula is C15H23NO4. The molecule has 4 aliphatic heterocycles. The standard InChI is InChI=1S/C15H23NO4/c1-9-4-5-10-8-12(17)16(3)13-15(10)11(9)6-7-14(2,18-13)19-20-15/h9-11,13H,4-8H2,1-3H3/t9-,10+,11+,13?,14-,15+/m1/s1. The maximum absolute atomic E-state index is 12.3.